The van der Waals surface area contributed by atoms with Gasteiger partial charge in [0.05, 0.1) is 17.0 Å². The second-order valence-electron chi connectivity index (χ2n) is 4.76. The lowest BCUT2D eigenvalue weighted by Crippen LogP contribution is -2.28. The van der Waals surface area contributed by atoms with Crippen LogP contribution in [0.15, 0.2) is 24.3 Å². The van der Waals surface area contributed by atoms with Gasteiger partial charge in [0.15, 0.2) is 0 Å². The highest BCUT2D eigenvalue weighted by atomic mass is 35.5. The molecule has 0 saturated heterocycles. The number of carbonyl (C=O) groups excluding carboxylic acids is 1. The molecule has 1 aromatic rings. The smallest absolute Gasteiger partial charge is 0.253 e. The third-order valence-electron chi connectivity index (χ3n) is 2.45. The number of hydrogen-bond donors (Lipinski definition) is 2. The maximum absolute atomic E-state index is 12.0. The third kappa shape index (κ3) is 5.38. The van der Waals surface area contributed by atoms with E-state index in [2.05, 4.69) is 10.0 Å². The van der Waals surface area contributed by atoms with Crippen LogP contribution in [0.1, 0.15) is 24.2 Å². The molecule has 0 aliphatic heterocycles. The molecule has 0 aromatic heterocycles. The summed E-state index contributed by atoms with van der Waals surface area (Å²) in [5.74, 6) is -0.185. The number of hydrogen-bond acceptors (Lipinski definition) is 3. The van der Waals surface area contributed by atoms with Crippen LogP contribution in [-0.4, -0.2) is 32.5 Å². The summed E-state index contributed by atoms with van der Waals surface area (Å²) in [6, 6.07) is 6.48. The van der Waals surface area contributed by atoms with Crippen molar-refractivity contribution < 1.29 is 13.2 Å². The molecule has 1 amide bonds. The van der Waals surface area contributed by atoms with E-state index in [0.29, 0.717) is 18.0 Å². The molecule has 2 N–H and O–H groups in total. The zero-order chi connectivity index (χ0) is 15.2. The number of nitrogens with one attached hydrogen (secondary N) is 2. The lowest BCUT2D eigenvalue weighted by Gasteiger charge is -2.13. The molecule has 112 valence electrons. The molecule has 1 aromatic carbocycles. The van der Waals surface area contributed by atoms with Gasteiger partial charge in [-0.15, -0.1) is 11.6 Å². The van der Waals surface area contributed by atoms with Crippen molar-refractivity contribution in [3.8, 4) is 0 Å². The van der Waals surface area contributed by atoms with Gasteiger partial charge >= 0.3 is 0 Å². The predicted octanol–water partition coefficient (Wildman–Crippen LogP) is 2.05. The van der Waals surface area contributed by atoms with Gasteiger partial charge in [0.25, 0.3) is 5.91 Å². The summed E-state index contributed by atoms with van der Waals surface area (Å²) >= 11 is 5.44. The number of carbonyl (C=O) groups is 1. The SMILES string of the molecule is CC(C)CNC(=O)c1ccccc1NS(=O)(=O)CCCl. The van der Waals surface area contributed by atoms with Gasteiger partial charge < -0.3 is 5.32 Å². The molecule has 0 unspecified atom stereocenters. The zero-order valence-corrected chi connectivity index (χ0v) is 13.1. The van der Waals surface area contributed by atoms with Crippen molar-refractivity contribution in [1.82, 2.24) is 5.32 Å². The molecule has 0 saturated carbocycles. The number of anilines is 1. The van der Waals surface area contributed by atoms with Gasteiger partial charge in [0.2, 0.25) is 10.0 Å². The summed E-state index contributed by atoms with van der Waals surface area (Å²) < 4.78 is 25.8. The lowest BCUT2D eigenvalue weighted by atomic mass is 10.1. The number of halogens is 1. The fraction of sp³-hybridized carbons (Fsp3) is 0.462. The van der Waals surface area contributed by atoms with Crippen molar-refractivity contribution in [3.63, 3.8) is 0 Å². The first kappa shape index (κ1) is 16.8. The number of benzene rings is 1. The van der Waals surface area contributed by atoms with E-state index in [0.717, 1.165) is 0 Å². The Morgan fingerprint density at radius 2 is 1.95 bits per heavy atom. The maximum Gasteiger partial charge on any atom is 0.253 e. The normalized spacial score (nSPS) is 11.4. The van der Waals surface area contributed by atoms with Gasteiger partial charge in [-0.2, -0.15) is 0 Å². The van der Waals surface area contributed by atoms with Gasteiger partial charge in [-0.25, -0.2) is 8.42 Å². The van der Waals surface area contributed by atoms with Crippen molar-refractivity contribution in [3.05, 3.63) is 29.8 Å². The first-order valence-electron chi connectivity index (χ1n) is 6.29. The Morgan fingerprint density at radius 1 is 1.30 bits per heavy atom. The Labute approximate surface area is 124 Å². The monoisotopic (exact) mass is 318 g/mol. The Bertz CT molecular complexity index is 558. The summed E-state index contributed by atoms with van der Waals surface area (Å²) in [5, 5.41) is 2.76. The van der Waals surface area contributed by atoms with Crippen LogP contribution in [-0.2, 0) is 10.0 Å². The second-order valence-corrected chi connectivity index (χ2v) is 6.98. The van der Waals surface area contributed by atoms with Crippen LogP contribution in [0.2, 0.25) is 0 Å². The Kier molecular flexibility index (Phi) is 6.29. The van der Waals surface area contributed by atoms with Crippen molar-refractivity contribution in [2.45, 2.75) is 13.8 Å². The van der Waals surface area contributed by atoms with Crippen LogP contribution >= 0.6 is 11.6 Å². The number of alkyl halides is 1. The first-order chi connectivity index (χ1) is 9.35. The average Bonchev–Trinajstić information content (AvgIpc) is 2.36. The van der Waals surface area contributed by atoms with E-state index >= 15 is 0 Å². The molecular weight excluding hydrogens is 300 g/mol. The quantitative estimate of drug-likeness (QED) is 0.756. The number of sulfonamides is 1. The molecule has 0 spiro atoms. The third-order valence-corrected chi connectivity index (χ3v) is 4.14. The summed E-state index contributed by atoms with van der Waals surface area (Å²) in [5.41, 5.74) is 0.560. The summed E-state index contributed by atoms with van der Waals surface area (Å²) in [6.45, 7) is 4.49. The van der Waals surface area contributed by atoms with Crippen LogP contribution in [0.5, 0.6) is 0 Å². The second kappa shape index (κ2) is 7.50. The van der Waals surface area contributed by atoms with Crippen molar-refractivity contribution >= 4 is 33.2 Å². The lowest BCUT2D eigenvalue weighted by molar-refractivity contribution is 0.0950. The van der Waals surface area contributed by atoms with E-state index in [-0.39, 0.29) is 23.2 Å². The van der Waals surface area contributed by atoms with E-state index in [1.807, 2.05) is 13.8 Å². The number of para-hydroxylation sites is 1. The van der Waals surface area contributed by atoms with E-state index in [9.17, 15) is 13.2 Å². The molecule has 5 nitrogen and oxygen atoms in total. The highest BCUT2D eigenvalue weighted by Crippen LogP contribution is 2.16. The number of rotatable bonds is 7. The molecule has 0 bridgehead atoms. The van der Waals surface area contributed by atoms with Crippen LogP contribution < -0.4 is 10.0 Å². The van der Waals surface area contributed by atoms with Gasteiger partial charge in [0, 0.05) is 12.4 Å². The van der Waals surface area contributed by atoms with Crippen LogP contribution in [0.3, 0.4) is 0 Å². The Balaban J connectivity index is 2.91. The van der Waals surface area contributed by atoms with Crippen LogP contribution in [0.4, 0.5) is 5.69 Å². The molecular formula is C13H19ClN2O3S. The van der Waals surface area contributed by atoms with E-state index in [1.54, 1.807) is 24.3 Å². The molecule has 0 radical (unpaired) electrons. The van der Waals surface area contributed by atoms with Crippen LogP contribution in [0, 0.1) is 5.92 Å². The van der Waals surface area contributed by atoms with Gasteiger partial charge in [0.1, 0.15) is 0 Å². The fourth-order valence-corrected chi connectivity index (χ4v) is 2.91. The Hall–Kier alpha value is -1.27. The van der Waals surface area contributed by atoms with Crippen molar-refractivity contribution in [1.29, 1.82) is 0 Å². The van der Waals surface area contributed by atoms with Crippen molar-refractivity contribution in [2.75, 3.05) is 22.9 Å². The minimum absolute atomic E-state index is 0.00293. The average molecular weight is 319 g/mol. The fourth-order valence-electron chi connectivity index (χ4n) is 1.48. The molecule has 1 rings (SSSR count). The molecule has 7 heteroatoms. The highest BCUT2D eigenvalue weighted by molar-refractivity contribution is 7.92. The predicted molar refractivity (Wildman–Crippen MR) is 81.7 cm³/mol. The zero-order valence-electron chi connectivity index (χ0n) is 11.5. The Morgan fingerprint density at radius 3 is 2.55 bits per heavy atom. The summed E-state index contributed by atoms with van der Waals surface area (Å²) in [7, 11) is -3.53. The molecule has 0 fully saturated rings. The molecule has 0 heterocycles. The number of amides is 1. The molecule has 20 heavy (non-hydrogen) atoms. The minimum Gasteiger partial charge on any atom is -0.352 e. The molecule has 0 atom stereocenters. The van der Waals surface area contributed by atoms with E-state index in [4.69, 9.17) is 11.6 Å². The van der Waals surface area contributed by atoms with Gasteiger partial charge in [-0.3, -0.25) is 9.52 Å². The van der Waals surface area contributed by atoms with E-state index in [1.165, 1.54) is 0 Å². The molecule has 0 aliphatic carbocycles. The largest absolute Gasteiger partial charge is 0.352 e. The van der Waals surface area contributed by atoms with E-state index < -0.39 is 10.0 Å². The van der Waals surface area contributed by atoms with Gasteiger partial charge in [-0.1, -0.05) is 26.0 Å². The minimum atomic E-state index is -3.53. The van der Waals surface area contributed by atoms with Crippen LogP contribution in [0.25, 0.3) is 0 Å². The highest BCUT2D eigenvalue weighted by Gasteiger charge is 2.16. The maximum atomic E-state index is 12.0. The topological polar surface area (TPSA) is 75.3 Å². The standard InChI is InChI=1S/C13H19ClN2O3S/c1-10(2)9-15-13(17)11-5-3-4-6-12(11)16-20(18,19)8-7-14/h3-6,10,16H,7-9H2,1-2H3,(H,15,17). The summed E-state index contributed by atoms with van der Waals surface area (Å²) in [4.78, 5) is 12.0. The summed E-state index contributed by atoms with van der Waals surface area (Å²) in [6.07, 6.45) is 0. The first-order valence-corrected chi connectivity index (χ1v) is 8.48. The van der Waals surface area contributed by atoms with Gasteiger partial charge in [-0.05, 0) is 18.1 Å². The molecule has 0 aliphatic rings. The van der Waals surface area contributed by atoms with Crippen molar-refractivity contribution in [2.24, 2.45) is 5.92 Å².